The highest BCUT2D eigenvalue weighted by molar-refractivity contribution is 5.80. The van der Waals surface area contributed by atoms with Crippen LogP contribution in [0.15, 0.2) is 0 Å². The first-order valence-electron chi connectivity index (χ1n) is 4.45. The molecule has 1 atom stereocenters. The van der Waals surface area contributed by atoms with Crippen molar-refractivity contribution in [2.75, 3.05) is 13.2 Å². The zero-order valence-electron chi connectivity index (χ0n) is 7.14. The van der Waals surface area contributed by atoms with Gasteiger partial charge in [0.15, 0.2) is 0 Å². The minimum Gasteiger partial charge on any atom is -0.381 e. The lowest BCUT2D eigenvalue weighted by Crippen LogP contribution is -2.13. The van der Waals surface area contributed by atoms with Crippen LogP contribution in [0.2, 0.25) is 0 Å². The zero-order valence-corrected chi connectivity index (χ0v) is 7.14. The van der Waals surface area contributed by atoms with E-state index in [4.69, 9.17) is 4.74 Å². The van der Waals surface area contributed by atoms with Crippen molar-refractivity contribution in [1.82, 2.24) is 0 Å². The third-order valence-corrected chi connectivity index (χ3v) is 2.26. The normalized spacial score (nSPS) is 26.1. The smallest absolute Gasteiger partial charge is 0.135 e. The Hall–Kier alpha value is -0.370. The molecule has 0 N–H and O–H groups in total. The van der Waals surface area contributed by atoms with Crippen LogP contribution in [0.1, 0.15) is 32.6 Å². The van der Waals surface area contributed by atoms with Gasteiger partial charge in [0.2, 0.25) is 0 Å². The second-order valence-electron chi connectivity index (χ2n) is 3.06. The van der Waals surface area contributed by atoms with E-state index >= 15 is 0 Å². The summed E-state index contributed by atoms with van der Waals surface area (Å²) in [5.74, 6) is 0.706. The van der Waals surface area contributed by atoms with Gasteiger partial charge >= 0.3 is 0 Å². The molecule has 1 heterocycles. The van der Waals surface area contributed by atoms with Crippen LogP contribution in [-0.2, 0) is 9.53 Å². The largest absolute Gasteiger partial charge is 0.381 e. The van der Waals surface area contributed by atoms with Gasteiger partial charge in [-0.05, 0) is 19.3 Å². The van der Waals surface area contributed by atoms with E-state index in [1.807, 2.05) is 6.92 Å². The van der Waals surface area contributed by atoms with Crippen molar-refractivity contribution >= 4 is 5.78 Å². The van der Waals surface area contributed by atoms with Crippen LogP contribution >= 0.6 is 0 Å². The molecular formula is C9H16O2. The third-order valence-electron chi connectivity index (χ3n) is 2.26. The van der Waals surface area contributed by atoms with Crippen LogP contribution in [0.4, 0.5) is 0 Å². The first-order valence-corrected chi connectivity index (χ1v) is 4.45. The molecule has 2 nitrogen and oxygen atoms in total. The number of hydrogen-bond donors (Lipinski definition) is 0. The van der Waals surface area contributed by atoms with Crippen LogP contribution in [-0.4, -0.2) is 19.0 Å². The van der Waals surface area contributed by atoms with Gasteiger partial charge < -0.3 is 4.74 Å². The monoisotopic (exact) mass is 156 g/mol. The molecule has 0 saturated carbocycles. The summed E-state index contributed by atoms with van der Waals surface area (Å²) >= 11 is 0. The SMILES string of the molecule is CCC(=O)C1CCCOCC1. The molecule has 1 saturated heterocycles. The van der Waals surface area contributed by atoms with E-state index in [1.165, 1.54) is 0 Å². The summed E-state index contributed by atoms with van der Waals surface area (Å²) in [5, 5.41) is 0. The Morgan fingerprint density at radius 1 is 1.45 bits per heavy atom. The van der Waals surface area contributed by atoms with Gasteiger partial charge in [-0.15, -0.1) is 0 Å². The molecule has 1 aliphatic heterocycles. The Morgan fingerprint density at radius 3 is 3.00 bits per heavy atom. The summed E-state index contributed by atoms with van der Waals surface area (Å²) in [6.45, 7) is 3.55. The standard InChI is InChI=1S/C9H16O2/c1-2-9(10)8-4-3-6-11-7-5-8/h8H,2-7H2,1H3. The highest BCUT2D eigenvalue weighted by Crippen LogP contribution is 2.17. The number of ether oxygens (including phenoxy) is 1. The van der Waals surface area contributed by atoms with Gasteiger partial charge in [-0.1, -0.05) is 6.92 Å². The first kappa shape index (κ1) is 8.72. The molecular weight excluding hydrogens is 140 g/mol. The zero-order chi connectivity index (χ0) is 8.10. The third kappa shape index (κ3) is 2.62. The molecule has 1 fully saturated rings. The van der Waals surface area contributed by atoms with Crippen molar-refractivity contribution < 1.29 is 9.53 Å². The molecule has 1 rings (SSSR count). The van der Waals surface area contributed by atoms with E-state index in [9.17, 15) is 4.79 Å². The van der Waals surface area contributed by atoms with E-state index in [0.717, 1.165) is 32.5 Å². The highest BCUT2D eigenvalue weighted by Gasteiger charge is 2.17. The molecule has 0 aromatic rings. The maximum Gasteiger partial charge on any atom is 0.135 e. The van der Waals surface area contributed by atoms with Crippen LogP contribution in [0.25, 0.3) is 0 Å². The molecule has 0 radical (unpaired) electrons. The lowest BCUT2D eigenvalue weighted by Gasteiger charge is -2.09. The maximum atomic E-state index is 11.3. The van der Waals surface area contributed by atoms with Gasteiger partial charge in [-0.25, -0.2) is 0 Å². The second-order valence-corrected chi connectivity index (χ2v) is 3.06. The lowest BCUT2D eigenvalue weighted by molar-refractivity contribution is -0.122. The Balaban J connectivity index is 2.36. The minimum atomic E-state index is 0.294. The van der Waals surface area contributed by atoms with E-state index in [-0.39, 0.29) is 0 Å². The summed E-state index contributed by atoms with van der Waals surface area (Å²) in [5.41, 5.74) is 0. The van der Waals surface area contributed by atoms with E-state index in [2.05, 4.69) is 0 Å². The van der Waals surface area contributed by atoms with Crippen molar-refractivity contribution in [2.45, 2.75) is 32.6 Å². The molecule has 1 aliphatic rings. The average Bonchev–Trinajstić information content (AvgIpc) is 2.30. The molecule has 2 heteroatoms. The molecule has 11 heavy (non-hydrogen) atoms. The van der Waals surface area contributed by atoms with Crippen molar-refractivity contribution in [2.24, 2.45) is 5.92 Å². The predicted octanol–water partition coefficient (Wildman–Crippen LogP) is 1.78. The van der Waals surface area contributed by atoms with Crippen molar-refractivity contribution in [3.05, 3.63) is 0 Å². The highest BCUT2D eigenvalue weighted by atomic mass is 16.5. The number of Topliss-reactive ketones (excluding diaryl/α,β-unsaturated/α-hetero) is 1. The fourth-order valence-corrected chi connectivity index (χ4v) is 1.51. The lowest BCUT2D eigenvalue weighted by atomic mass is 9.94. The number of carbonyl (C=O) groups is 1. The summed E-state index contributed by atoms with van der Waals surface area (Å²) in [4.78, 5) is 11.3. The fourth-order valence-electron chi connectivity index (χ4n) is 1.51. The number of rotatable bonds is 2. The van der Waals surface area contributed by atoms with Crippen LogP contribution in [0, 0.1) is 5.92 Å². The Labute approximate surface area is 67.9 Å². The Kier molecular flexibility index (Phi) is 3.57. The van der Waals surface area contributed by atoms with Crippen molar-refractivity contribution in [3.8, 4) is 0 Å². The van der Waals surface area contributed by atoms with Gasteiger partial charge in [0.1, 0.15) is 5.78 Å². The van der Waals surface area contributed by atoms with Gasteiger partial charge in [0.05, 0.1) is 0 Å². The van der Waals surface area contributed by atoms with Crippen LogP contribution < -0.4 is 0 Å². The number of carbonyl (C=O) groups excluding carboxylic acids is 1. The number of hydrogen-bond acceptors (Lipinski definition) is 2. The minimum absolute atomic E-state index is 0.294. The first-order chi connectivity index (χ1) is 5.34. The predicted molar refractivity (Wildman–Crippen MR) is 43.5 cm³/mol. The summed E-state index contributed by atoms with van der Waals surface area (Å²) in [6.07, 6.45) is 3.71. The molecule has 64 valence electrons. The second kappa shape index (κ2) is 4.50. The Bertz CT molecular complexity index is 124. The summed E-state index contributed by atoms with van der Waals surface area (Å²) in [6, 6.07) is 0. The number of ketones is 1. The Morgan fingerprint density at radius 2 is 2.27 bits per heavy atom. The van der Waals surface area contributed by atoms with Crippen LogP contribution in [0.3, 0.4) is 0 Å². The molecule has 0 aromatic carbocycles. The average molecular weight is 156 g/mol. The van der Waals surface area contributed by atoms with Gasteiger partial charge in [-0.3, -0.25) is 4.79 Å². The molecule has 1 unspecified atom stereocenters. The van der Waals surface area contributed by atoms with Crippen molar-refractivity contribution in [3.63, 3.8) is 0 Å². The van der Waals surface area contributed by atoms with E-state index in [0.29, 0.717) is 18.1 Å². The van der Waals surface area contributed by atoms with E-state index < -0.39 is 0 Å². The van der Waals surface area contributed by atoms with Gasteiger partial charge in [-0.2, -0.15) is 0 Å². The maximum absolute atomic E-state index is 11.3. The molecule has 0 aromatic heterocycles. The van der Waals surface area contributed by atoms with Gasteiger partial charge in [0.25, 0.3) is 0 Å². The van der Waals surface area contributed by atoms with Crippen LogP contribution in [0.5, 0.6) is 0 Å². The molecule has 0 bridgehead atoms. The summed E-state index contributed by atoms with van der Waals surface area (Å²) < 4.78 is 5.27. The topological polar surface area (TPSA) is 26.3 Å². The molecule has 0 aliphatic carbocycles. The molecule has 0 amide bonds. The van der Waals surface area contributed by atoms with E-state index in [1.54, 1.807) is 0 Å². The fraction of sp³-hybridized carbons (Fsp3) is 0.889. The quantitative estimate of drug-likeness (QED) is 0.609. The molecule has 0 spiro atoms. The van der Waals surface area contributed by atoms with Gasteiger partial charge in [0, 0.05) is 25.6 Å². The summed E-state index contributed by atoms with van der Waals surface area (Å²) in [7, 11) is 0. The van der Waals surface area contributed by atoms with Crippen molar-refractivity contribution in [1.29, 1.82) is 0 Å².